The minimum absolute atomic E-state index is 0.0110. The number of rotatable bonds is 3. The predicted octanol–water partition coefficient (Wildman–Crippen LogP) is 2.47. The van der Waals surface area contributed by atoms with Gasteiger partial charge in [-0.2, -0.15) is 0 Å². The monoisotopic (exact) mass is 337 g/mol. The minimum Gasteiger partial charge on any atom is -0.399 e. The molecule has 130 valence electrons. The second kappa shape index (κ2) is 6.70. The zero-order valence-corrected chi connectivity index (χ0v) is 14.2. The Kier molecular flexibility index (Phi) is 4.26. The summed E-state index contributed by atoms with van der Waals surface area (Å²) in [7, 11) is 0. The first kappa shape index (κ1) is 15.9. The molecule has 6 heteroatoms. The lowest BCUT2D eigenvalue weighted by Crippen LogP contribution is -2.32. The average Bonchev–Trinajstić information content (AvgIpc) is 3.16. The molecule has 0 saturated carbocycles. The maximum atomic E-state index is 12.6. The molecule has 1 amide bonds. The van der Waals surface area contributed by atoms with Crippen molar-refractivity contribution in [1.29, 1.82) is 0 Å². The molecule has 3 N–H and O–H groups in total. The van der Waals surface area contributed by atoms with E-state index in [1.165, 1.54) is 18.4 Å². The van der Waals surface area contributed by atoms with Gasteiger partial charge in [-0.1, -0.05) is 6.07 Å². The molecule has 4 rings (SSSR count). The van der Waals surface area contributed by atoms with E-state index in [0.29, 0.717) is 5.69 Å². The molecule has 1 aromatic carbocycles. The highest BCUT2D eigenvalue weighted by Gasteiger charge is 2.23. The molecule has 1 atom stereocenters. The zero-order chi connectivity index (χ0) is 17.2. The number of aryl methyl sites for hydroxylation is 1. The van der Waals surface area contributed by atoms with Crippen LogP contribution < -0.4 is 16.0 Å². The summed E-state index contributed by atoms with van der Waals surface area (Å²) in [5.41, 5.74) is 9.41. The largest absolute Gasteiger partial charge is 0.399 e. The van der Waals surface area contributed by atoms with Gasteiger partial charge < -0.3 is 16.0 Å². The van der Waals surface area contributed by atoms with Crippen LogP contribution in [-0.2, 0) is 6.42 Å². The number of hydrogen-bond acceptors (Lipinski definition) is 5. The molecule has 1 aliphatic heterocycles. The van der Waals surface area contributed by atoms with Crippen molar-refractivity contribution >= 4 is 17.4 Å². The van der Waals surface area contributed by atoms with E-state index in [0.717, 1.165) is 49.4 Å². The van der Waals surface area contributed by atoms with Crippen molar-refractivity contribution in [3.63, 3.8) is 0 Å². The van der Waals surface area contributed by atoms with Crippen molar-refractivity contribution in [1.82, 2.24) is 15.5 Å². The third-order valence-corrected chi connectivity index (χ3v) is 5.10. The number of carbonyl (C=O) groups is 1. The van der Waals surface area contributed by atoms with Crippen LogP contribution in [0.5, 0.6) is 0 Å². The number of carbonyl (C=O) groups excluding carboxylic acids is 1. The van der Waals surface area contributed by atoms with E-state index in [-0.39, 0.29) is 11.9 Å². The maximum Gasteiger partial charge on any atom is 0.272 e. The third-order valence-electron chi connectivity index (χ3n) is 5.10. The Bertz CT molecular complexity index is 768. The summed E-state index contributed by atoms with van der Waals surface area (Å²) in [5.74, 6) is 0.683. The molecule has 1 unspecified atom stereocenters. The van der Waals surface area contributed by atoms with Crippen molar-refractivity contribution in [2.24, 2.45) is 0 Å². The lowest BCUT2D eigenvalue weighted by Gasteiger charge is -2.26. The third kappa shape index (κ3) is 3.29. The Morgan fingerprint density at radius 2 is 1.96 bits per heavy atom. The number of nitrogen functional groups attached to an aromatic ring is 1. The van der Waals surface area contributed by atoms with E-state index in [1.807, 2.05) is 24.3 Å². The first-order valence-electron chi connectivity index (χ1n) is 8.98. The van der Waals surface area contributed by atoms with Gasteiger partial charge in [-0.3, -0.25) is 4.79 Å². The molecule has 1 saturated heterocycles. The van der Waals surface area contributed by atoms with Gasteiger partial charge >= 0.3 is 0 Å². The van der Waals surface area contributed by atoms with E-state index in [1.54, 1.807) is 6.07 Å². The lowest BCUT2D eigenvalue weighted by atomic mass is 9.87. The predicted molar refractivity (Wildman–Crippen MR) is 97.5 cm³/mol. The first-order chi connectivity index (χ1) is 12.2. The highest BCUT2D eigenvalue weighted by atomic mass is 16.2. The topological polar surface area (TPSA) is 84.1 Å². The Morgan fingerprint density at radius 1 is 1.12 bits per heavy atom. The van der Waals surface area contributed by atoms with E-state index < -0.39 is 0 Å². The van der Waals surface area contributed by atoms with Gasteiger partial charge in [0.25, 0.3) is 5.91 Å². The second-order valence-electron chi connectivity index (χ2n) is 6.85. The van der Waals surface area contributed by atoms with Gasteiger partial charge in [-0.15, -0.1) is 10.2 Å². The standard InChI is InChI=1S/C19H23N5O/c20-14-6-7-15-13(12-14)4-3-5-16(15)21-19(25)17-8-9-18(23-22-17)24-10-1-2-11-24/h6-9,12,16H,1-5,10-11,20H2,(H,21,25). The Hall–Kier alpha value is -2.63. The van der Waals surface area contributed by atoms with Crippen LogP contribution in [0.4, 0.5) is 11.5 Å². The number of fused-ring (bicyclic) bond motifs is 1. The summed E-state index contributed by atoms with van der Waals surface area (Å²) in [5, 5.41) is 11.5. The first-order valence-corrected chi connectivity index (χ1v) is 8.98. The number of benzene rings is 1. The molecule has 25 heavy (non-hydrogen) atoms. The fourth-order valence-corrected chi connectivity index (χ4v) is 3.78. The van der Waals surface area contributed by atoms with Crippen LogP contribution in [0.2, 0.25) is 0 Å². The summed E-state index contributed by atoms with van der Waals surface area (Å²) in [6, 6.07) is 9.60. The maximum absolute atomic E-state index is 12.6. The molecule has 6 nitrogen and oxygen atoms in total. The molecular formula is C19H23N5O. The summed E-state index contributed by atoms with van der Waals surface area (Å²) >= 11 is 0. The highest BCUT2D eigenvalue weighted by molar-refractivity contribution is 5.92. The molecule has 1 fully saturated rings. The highest BCUT2D eigenvalue weighted by Crippen LogP contribution is 2.31. The smallest absolute Gasteiger partial charge is 0.272 e. The zero-order valence-electron chi connectivity index (χ0n) is 14.2. The fourth-order valence-electron chi connectivity index (χ4n) is 3.78. The Morgan fingerprint density at radius 3 is 2.72 bits per heavy atom. The molecule has 2 aliphatic rings. The number of hydrogen-bond donors (Lipinski definition) is 2. The van der Waals surface area contributed by atoms with Gasteiger partial charge in [0.2, 0.25) is 0 Å². The quantitative estimate of drug-likeness (QED) is 0.841. The van der Waals surface area contributed by atoms with Crippen molar-refractivity contribution in [2.75, 3.05) is 23.7 Å². The normalized spacial score (nSPS) is 19.5. The number of aromatic nitrogens is 2. The van der Waals surface area contributed by atoms with E-state index >= 15 is 0 Å². The van der Waals surface area contributed by atoms with Crippen LogP contribution in [0.1, 0.15) is 53.3 Å². The van der Waals surface area contributed by atoms with Gasteiger partial charge in [0, 0.05) is 18.8 Å². The lowest BCUT2D eigenvalue weighted by molar-refractivity contribution is 0.0926. The van der Waals surface area contributed by atoms with Crippen molar-refractivity contribution < 1.29 is 4.79 Å². The van der Waals surface area contributed by atoms with Crippen LogP contribution in [-0.4, -0.2) is 29.2 Å². The van der Waals surface area contributed by atoms with Gasteiger partial charge in [0.05, 0.1) is 6.04 Å². The second-order valence-corrected chi connectivity index (χ2v) is 6.85. The van der Waals surface area contributed by atoms with Gasteiger partial charge in [0.1, 0.15) is 0 Å². The van der Waals surface area contributed by atoms with Crippen molar-refractivity contribution in [3.8, 4) is 0 Å². The van der Waals surface area contributed by atoms with Crippen LogP contribution in [0.15, 0.2) is 30.3 Å². The van der Waals surface area contributed by atoms with Crippen LogP contribution >= 0.6 is 0 Å². The number of amides is 1. The number of nitrogens with one attached hydrogen (secondary N) is 1. The van der Waals surface area contributed by atoms with E-state index in [4.69, 9.17) is 5.73 Å². The number of nitrogens with two attached hydrogens (primary N) is 1. The van der Waals surface area contributed by atoms with Crippen molar-refractivity contribution in [2.45, 2.75) is 38.1 Å². The summed E-state index contributed by atoms with van der Waals surface area (Å²) in [4.78, 5) is 14.8. The fraction of sp³-hybridized carbons (Fsp3) is 0.421. The average molecular weight is 337 g/mol. The molecule has 1 aromatic heterocycles. The van der Waals surface area contributed by atoms with Crippen molar-refractivity contribution in [3.05, 3.63) is 47.2 Å². The van der Waals surface area contributed by atoms with Gasteiger partial charge in [-0.05, 0) is 67.5 Å². The molecule has 2 heterocycles. The molecule has 1 aliphatic carbocycles. The molecule has 2 aromatic rings. The van der Waals surface area contributed by atoms with E-state index in [9.17, 15) is 4.79 Å². The minimum atomic E-state index is -0.171. The summed E-state index contributed by atoms with van der Waals surface area (Å²) < 4.78 is 0. The summed E-state index contributed by atoms with van der Waals surface area (Å²) in [6.07, 6.45) is 5.37. The Balaban J connectivity index is 1.47. The molecule has 0 radical (unpaired) electrons. The summed E-state index contributed by atoms with van der Waals surface area (Å²) in [6.45, 7) is 2.03. The van der Waals surface area contributed by atoms with Crippen LogP contribution in [0.25, 0.3) is 0 Å². The van der Waals surface area contributed by atoms with Gasteiger partial charge in [0.15, 0.2) is 11.5 Å². The SMILES string of the molecule is Nc1ccc2c(c1)CCCC2NC(=O)c1ccc(N2CCCC2)nn1. The number of nitrogens with zero attached hydrogens (tertiary/aromatic N) is 3. The molecular weight excluding hydrogens is 314 g/mol. The van der Waals surface area contributed by atoms with Crippen LogP contribution in [0, 0.1) is 0 Å². The van der Waals surface area contributed by atoms with Crippen LogP contribution in [0.3, 0.4) is 0 Å². The Labute approximate surface area is 147 Å². The number of anilines is 2. The van der Waals surface area contributed by atoms with Gasteiger partial charge in [-0.25, -0.2) is 0 Å². The molecule has 0 bridgehead atoms. The van der Waals surface area contributed by atoms with E-state index in [2.05, 4.69) is 20.4 Å². The molecule has 0 spiro atoms.